The Morgan fingerprint density at radius 1 is 0.848 bits per heavy atom. The summed E-state index contributed by atoms with van der Waals surface area (Å²) in [6, 6.07) is 19.0. The van der Waals surface area contributed by atoms with Gasteiger partial charge in [-0.2, -0.15) is 0 Å². The molecule has 0 aliphatic rings. The minimum Gasteiger partial charge on any atom is -0.497 e. The molecular weight excluding hydrogens is 422 g/mol. The molecule has 1 aromatic heterocycles. The third-order valence-electron chi connectivity index (χ3n) is 5.20. The molecular formula is C26H23NO6. The molecule has 4 rings (SSSR count). The minimum atomic E-state index is -0.166. The summed E-state index contributed by atoms with van der Waals surface area (Å²) in [7, 11) is 4.66. The van der Waals surface area contributed by atoms with Gasteiger partial charge < -0.3 is 23.9 Å². The van der Waals surface area contributed by atoms with E-state index in [-0.39, 0.29) is 17.8 Å². The number of hydrogen-bond acceptors (Lipinski definition) is 6. The highest BCUT2D eigenvalue weighted by Crippen LogP contribution is 2.28. The fourth-order valence-electron chi connectivity index (χ4n) is 3.50. The molecule has 1 N–H and O–H groups in total. The maximum Gasteiger partial charge on any atom is 0.228 e. The van der Waals surface area contributed by atoms with Gasteiger partial charge in [-0.05, 0) is 60.2 Å². The largest absolute Gasteiger partial charge is 0.497 e. The van der Waals surface area contributed by atoms with Gasteiger partial charge in [-0.3, -0.25) is 9.59 Å². The van der Waals surface area contributed by atoms with Crippen molar-refractivity contribution < 1.29 is 23.4 Å². The highest BCUT2D eigenvalue weighted by Gasteiger charge is 2.11. The average Bonchev–Trinajstić information content (AvgIpc) is 2.84. The van der Waals surface area contributed by atoms with Crippen LogP contribution in [0.3, 0.4) is 0 Å². The van der Waals surface area contributed by atoms with Gasteiger partial charge in [0.15, 0.2) is 16.9 Å². The van der Waals surface area contributed by atoms with Gasteiger partial charge in [-0.25, -0.2) is 0 Å². The van der Waals surface area contributed by atoms with E-state index in [9.17, 15) is 9.59 Å². The SMILES string of the molecule is COc1ccc2oc(-c3ccc(NC(=O)Cc4ccc(OC)c(OC)c4)cc3)cc(=O)c2c1. The summed E-state index contributed by atoms with van der Waals surface area (Å²) in [6.45, 7) is 0. The lowest BCUT2D eigenvalue weighted by atomic mass is 10.1. The summed E-state index contributed by atoms with van der Waals surface area (Å²) >= 11 is 0. The molecule has 4 aromatic rings. The van der Waals surface area contributed by atoms with Gasteiger partial charge in [0.2, 0.25) is 5.91 Å². The lowest BCUT2D eigenvalue weighted by Gasteiger charge is -2.10. The molecule has 0 aliphatic heterocycles. The summed E-state index contributed by atoms with van der Waals surface area (Å²) < 4.78 is 21.6. The van der Waals surface area contributed by atoms with Crippen molar-refractivity contribution in [2.45, 2.75) is 6.42 Å². The number of hydrogen-bond donors (Lipinski definition) is 1. The van der Waals surface area contributed by atoms with E-state index in [1.54, 1.807) is 75.9 Å². The van der Waals surface area contributed by atoms with Crippen LogP contribution in [0.5, 0.6) is 17.2 Å². The van der Waals surface area contributed by atoms with Crippen molar-refractivity contribution in [3.63, 3.8) is 0 Å². The van der Waals surface area contributed by atoms with Gasteiger partial charge in [-0.15, -0.1) is 0 Å². The molecule has 0 atom stereocenters. The standard InChI is InChI=1S/C26H23NO6/c1-30-19-9-11-22-20(14-19)21(28)15-24(33-22)17-5-7-18(8-6-17)27-26(29)13-16-4-10-23(31-2)25(12-16)32-3/h4-12,14-15H,13H2,1-3H3,(H,27,29). The van der Waals surface area contributed by atoms with Crippen molar-refractivity contribution in [3.05, 3.63) is 82.5 Å². The van der Waals surface area contributed by atoms with Crippen molar-refractivity contribution in [2.75, 3.05) is 26.6 Å². The van der Waals surface area contributed by atoms with Crippen molar-refractivity contribution in [3.8, 4) is 28.6 Å². The molecule has 0 bridgehead atoms. The van der Waals surface area contributed by atoms with E-state index in [0.717, 1.165) is 11.1 Å². The van der Waals surface area contributed by atoms with Crippen molar-refractivity contribution in [1.29, 1.82) is 0 Å². The Morgan fingerprint density at radius 3 is 2.30 bits per heavy atom. The third-order valence-corrected chi connectivity index (χ3v) is 5.20. The second-order valence-corrected chi connectivity index (χ2v) is 7.33. The van der Waals surface area contributed by atoms with Crippen molar-refractivity contribution in [2.24, 2.45) is 0 Å². The van der Waals surface area contributed by atoms with Crippen molar-refractivity contribution in [1.82, 2.24) is 0 Å². The monoisotopic (exact) mass is 445 g/mol. The van der Waals surface area contributed by atoms with Gasteiger partial charge in [0, 0.05) is 17.3 Å². The maximum atomic E-state index is 12.5. The number of carbonyl (C=O) groups excluding carboxylic acids is 1. The van der Waals surface area contributed by atoms with Crippen LogP contribution in [-0.2, 0) is 11.2 Å². The fourth-order valence-corrected chi connectivity index (χ4v) is 3.50. The minimum absolute atomic E-state index is 0.155. The first kappa shape index (κ1) is 22.0. The van der Waals surface area contributed by atoms with E-state index >= 15 is 0 Å². The quantitative estimate of drug-likeness (QED) is 0.445. The predicted octanol–water partition coefficient (Wildman–Crippen LogP) is 4.67. The number of ether oxygens (including phenoxy) is 3. The first-order valence-corrected chi connectivity index (χ1v) is 10.2. The highest BCUT2D eigenvalue weighted by atomic mass is 16.5. The zero-order chi connectivity index (χ0) is 23.4. The number of anilines is 1. The lowest BCUT2D eigenvalue weighted by Crippen LogP contribution is -2.14. The van der Waals surface area contributed by atoms with E-state index in [4.69, 9.17) is 18.6 Å². The highest BCUT2D eigenvalue weighted by molar-refractivity contribution is 5.92. The van der Waals surface area contributed by atoms with Gasteiger partial charge >= 0.3 is 0 Å². The zero-order valence-electron chi connectivity index (χ0n) is 18.5. The normalized spacial score (nSPS) is 10.6. The molecule has 33 heavy (non-hydrogen) atoms. The van der Waals surface area contributed by atoms with Gasteiger partial charge in [0.1, 0.15) is 17.1 Å². The molecule has 0 radical (unpaired) electrons. The molecule has 0 saturated carbocycles. The van der Waals surface area contributed by atoms with Crippen LogP contribution in [0, 0.1) is 0 Å². The van der Waals surface area contributed by atoms with Crippen LogP contribution in [0.25, 0.3) is 22.3 Å². The smallest absolute Gasteiger partial charge is 0.228 e. The summed E-state index contributed by atoms with van der Waals surface area (Å²) in [5.41, 5.74) is 2.49. The summed E-state index contributed by atoms with van der Waals surface area (Å²) in [5, 5.41) is 3.33. The molecule has 0 spiro atoms. The van der Waals surface area contributed by atoms with Gasteiger partial charge in [0.25, 0.3) is 0 Å². The van der Waals surface area contributed by atoms with Crippen molar-refractivity contribution >= 4 is 22.6 Å². The molecule has 0 saturated heterocycles. The molecule has 1 heterocycles. The van der Waals surface area contributed by atoms with E-state index < -0.39 is 0 Å². The second kappa shape index (κ2) is 9.48. The van der Waals surface area contributed by atoms with Crippen LogP contribution in [-0.4, -0.2) is 27.2 Å². The summed E-state index contributed by atoms with van der Waals surface area (Å²) in [6.07, 6.45) is 0.186. The Balaban J connectivity index is 1.48. The van der Waals surface area contributed by atoms with Gasteiger partial charge in [0.05, 0.1) is 33.1 Å². The molecule has 168 valence electrons. The van der Waals surface area contributed by atoms with E-state index in [0.29, 0.717) is 39.7 Å². The Bertz CT molecular complexity index is 1360. The predicted molar refractivity (Wildman–Crippen MR) is 126 cm³/mol. The number of fused-ring (bicyclic) bond motifs is 1. The maximum absolute atomic E-state index is 12.5. The first-order chi connectivity index (χ1) is 16.0. The second-order valence-electron chi connectivity index (χ2n) is 7.33. The Labute approximate surface area is 190 Å². The van der Waals surface area contributed by atoms with E-state index in [1.807, 2.05) is 6.07 Å². The number of nitrogens with one attached hydrogen (secondary N) is 1. The van der Waals surface area contributed by atoms with E-state index in [2.05, 4.69) is 5.32 Å². The topological polar surface area (TPSA) is 87.0 Å². The molecule has 0 aliphatic carbocycles. The Morgan fingerprint density at radius 2 is 1.61 bits per heavy atom. The average molecular weight is 445 g/mol. The number of amides is 1. The van der Waals surface area contributed by atoms with Crippen LogP contribution < -0.4 is 25.0 Å². The number of carbonyl (C=O) groups is 1. The molecule has 1 amide bonds. The van der Waals surface area contributed by atoms with Crippen LogP contribution >= 0.6 is 0 Å². The lowest BCUT2D eigenvalue weighted by molar-refractivity contribution is -0.115. The number of rotatable bonds is 7. The molecule has 7 heteroatoms. The Hall–Kier alpha value is -4.26. The van der Waals surface area contributed by atoms with Gasteiger partial charge in [-0.1, -0.05) is 6.07 Å². The third kappa shape index (κ3) is 4.82. The first-order valence-electron chi connectivity index (χ1n) is 10.2. The number of methoxy groups -OCH3 is 3. The molecule has 0 unspecified atom stereocenters. The van der Waals surface area contributed by atoms with Crippen LogP contribution in [0.15, 0.2) is 75.9 Å². The fraction of sp³-hybridized carbons (Fsp3) is 0.154. The molecule has 0 fully saturated rings. The zero-order valence-corrected chi connectivity index (χ0v) is 18.5. The molecule has 7 nitrogen and oxygen atoms in total. The number of benzene rings is 3. The van der Waals surface area contributed by atoms with Crippen LogP contribution in [0.4, 0.5) is 5.69 Å². The van der Waals surface area contributed by atoms with Crippen LogP contribution in [0.2, 0.25) is 0 Å². The summed E-state index contributed by atoms with van der Waals surface area (Å²) in [4.78, 5) is 25.0. The van der Waals surface area contributed by atoms with Crippen LogP contribution in [0.1, 0.15) is 5.56 Å². The molecule has 3 aromatic carbocycles. The van der Waals surface area contributed by atoms with E-state index in [1.165, 1.54) is 6.07 Å². The summed E-state index contributed by atoms with van der Waals surface area (Å²) in [5.74, 6) is 2.05. The Kier molecular flexibility index (Phi) is 6.31.